The average Bonchev–Trinajstić information content (AvgIpc) is 2.47. The highest BCUT2D eigenvalue weighted by atomic mass is 15.2. The molecule has 2 aliphatic heterocycles. The van der Waals surface area contributed by atoms with Crippen molar-refractivity contribution in [1.82, 2.24) is 20.2 Å². The van der Waals surface area contributed by atoms with Crippen LogP contribution < -0.4 is 10.2 Å². The van der Waals surface area contributed by atoms with Gasteiger partial charge in [-0.3, -0.25) is 0 Å². The maximum Gasteiger partial charge on any atom is 0.136 e. The Morgan fingerprint density at radius 2 is 2.11 bits per heavy atom. The van der Waals surface area contributed by atoms with Crippen molar-refractivity contribution in [3.05, 3.63) is 17.6 Å². The van der Waals surface area contributed by atoms with E-state index in [2.05, 4.69) is 39.2 Å². The van der Waals surface area contributed by atoms with Crippen LogP contribution in [0.15, 0.2) is 6.33 Å². The van der Waals surface area contributed by atoms with Gasteiger partial charge in [-0.15, -0.1) is 0 Å². The van der Waals surface area contributed by atoms with Crippen LogP contribution in [0.5, 0.6) is 0 Å². The predicted molar refractivity (Wildman–Crippen MR) is 76.4 cm³/mol. The molecular formula is C14H23N5. The van der Waals surface area contributed by atoms with Crippen LogP contribution in [0, 0.1) is 0 Å². The minimum absolute atomic E-state index is 0.608. The summed E-state index contributed by atoms with van der Waals surface area (Å²) in [5.41, 5.74) is 2.53. The Bertz CT molecular complexity index is 439. The monoisotopic (exact) mass is 261 g/mol. The SMILES string of the molecule is CN1CCC(N(C)c2ncnc3c2CNCC3)CC1. The van der Waals surface area contributed by atoms with E-state index in [1.165, 1.54) is 37.2 Å². The third kappa shape index (κ3) is 2.58. The van der Waals surface area contributed by atoms with Crippen molar-refractivity contribution in [3.63, 3.8) is 0 Å². The summed E-state index contributed by atoms with van der Waals surface area (Å²) >= 11 is 0. The summed E-state index contributed by atoms with van der Waals surface area (Å²) in [7, 11) is 4.39. The Balaban J connectivity index is 1.81. The molecule has 3 heterocycles. The zero-order valence-electron chi connectivity index (χ0n) is 11.9. The van der Waals surface area contributed by atoms with E-state index in [0.717, 1.165) is 25.3 Å². The van der Waals surface area contributed by atoms with Crippen molar-refractivity contribution in [1.29, 1.82) is 0 Å². The Kier molecular flexibility index (Phi) is 3.66. The molecule has 1 saturated heterocycles. The molecule has 0 saturated carbocycles. The maximum absolute atomic E-state index is 4.55. The molecule has 5 heteroatoms. The number of nitrogens with one attached hydrogen (secondary N) is 1. The first-order valence-corrected chi connectivity index (χ1v) is 7.20. The average molecular weight is 261 g/mol. The van der Waals surface area contributed by atoms with Gasteiger partial charge in [-0.1, -0.05) is 0 Å². The van der Waals surface area contributed by atoms with Gasteiger partial charge in [0.05, 0.1) is 5.69 Å². The standard InChI is InChI=1S/C14H23N5/c1-18-7-4-11(5-8-18)19(2)14-12-9-15-6-3-13(12)16-10-17-14/h10-11,15H,3-9H2,1-2H3. The van der Waals surface area contributed by atoms with Crippen LogP contribution >= 0.6 is 0 Å². The summed E-state index contributed by atoms with van der Waals surface area (Å²) in [6.45, 7) is 4.30. The molecule has 1 fully saturated rings. The minimum Gasteiger partial charge on any atom is -0.356 e. The lowest BCUT2D eigenvalue weighted by Gasteiger charge is -2.37. The fourth-order valence-electron chi connectivity index (χ4n) is 3.11. The smallest absolute Gasteiger partial charge is 0.136 e. The van der Waals surface area contributed by atoms with E-state index in [4.69, 9.17) is 0 Å². The normalized spacial score (nSPS) is 21.2. The van der Waals surface area contributed by atoms with Gasteiger partial charge < -0.3 is 15.1 Å². The number of anilines is 1. The molecule has 0 bridgehead atoms. The third-order valence-electron chi connectivity index (χ3n) is 4.42. The van der Waals surface area contributed by atoms with Crippen LogP contribution in [-0.4, -0.2) is 54.6 Å². The topological polar surface area (TPSA) is 44.3 Å². The summed E-state index contributed by atoms with van der Waals surface area (Å²) in [5.74, 6) is 1.13. The third-order valence-corrected chi connectivity index (χ3v) is 4.42. The molecule has 0 unspecified atom stereocenters. The van der Waals surface area contributed by atoms with Gasteiger partial charge in [-0.05, 0) is 33.0 Å². The second-order valence-corrected chi connectivity index (χ2v) is 5.69. The number of rotatable bonds is 2. The lowest BCUT2D eigenvalue weighted by atomic mass is 10.0. The van der Waals surface area contributed by atoms with Crippen molar-refractivity contribution in [2.24, 2.45) is 0 Å². The van der Waals surface area contributed by atoms with E-state index in [0.29, 0.717) is 6.04 Å². The summed E-state index contributed by atoms with van der Waals surface area (Å²) in [6, 6.07) is 0.608. The molecule has 19 heavy (non-hydrogen) atoms. The Morgan fingerprint density at radius 3 is 2.89 bits per heavy atom. The molecule has 0 amide bonds. The summed E-state index contributed by atoms with van der Waals surface area (Å²) in [6.07, 6.45) is 5.19. The maximum atomic E-state index is 4.55. The summed E-state index contributed by atoms with van der Waals surface area (Å²) in [5, 5.41) is 3.43. The molecule has 1 N–H and O–H groups in total. The van der Waals surface area contributed by atoms with E-state index in [9.17, 15) is 0 Å². The molecule has 1 aromatic rings. The lowest BCUT2D eigenvalue weighted by Crippen LogP contribution is -2.43. The largest absolute Gasteiger partial charge is 0.356 e. The van der Waals surface area contributed by atoms with Gasteiger partial charge in [0.2, 0.25) is 0 Å². The number of aromatic nitrogens is 2. The Labute approximate surface area is 115 Å². The molecule has 0 atom stereocenters. The predicted octanol–water partition coefficient (Wildman–Crippen LogP) is 0.653. The van der Waals surface area contributed by atoms with E-state index < -0.39 is 0 Å². The fraction of sp³-hybridized carbons (Fsp3) is 0.714. The molecule has 3 rings (SSSR count). The van der Waals surface area contributed by atoms with Crippen molar-refractivity contribution in [2.45, 2.75) is 31.8 Å². The van der Waals surface area contributed by atoms with Crippen LogP contribution in [-0.2, 0) is 13.0 Å². The molecule has 0 aliphatic carbocycles. The first-order valence-electron chi connectivity index (χ1n) is 7.20. The molecule has 2 aliphatic rings. The van der Waals surface area contributed by atoms with E-state index in [1.54, 1.807) is 6.33 Å². The summed E-state index contributed by atoms with van der Waals surface area (Å²) in [4.78, 5) is 13.8. The second-order valence-electron chi connectivity index (χ2n) is 5.69. The lowest BCUT2D eigenvalue weighted by molar-refractivity contribution is 0.252. The Hall–Kier alpha value is -1.20. The van der Waals surface area contributed by atoms with Crippen molar-refractivity contribution >= 4 is 5.82 Å². The fourth-order valence-corrected chi connectivity index (χ4v) is 3.11. The quantitative estimate of drug-likeness (QED) is 0.847. The first-order chi connectivity index (χ1) is 9.25. The summed E-state index contributed by atoms with van der Waals surface area (Å²) < 4.78 is 0. The zero-order valence-corrected chi connectivity index (χ0v) is 11.9. The van der Waals surface area contributed by atoms with Crippen molar-refractivity contribution in [2.75, 3.05) is 38.6 Å². The molecule has 0 radical (unpaired) electrons. The van der Waals surface area contributed by atoms with Gasteiger partial charge >= 0.3 is 0 Å². The molecule has 1 aromatic heterocycles. The Morgan fingerprint density at radius 1 is 1.32 bits per heavy atom. The molecule has 104 valence electrons. The number of hydrogen-bond donors (Lipinski definition) is 1. The van der Waals surface area contributed by atoms with Crippen LogP contribution in [0.4, 0.5) is 5.82 Å². The van der Waals surface area contributed by atoms with E-state index >= 15 is 0 Å². The van der Waals surface area contributed by atoms with Gasteiger partial charge in [0.1, 0.15) is 12.1 Å². The zero-order chi connectivity index (χ0) is 13.2. The second kappa shape index (κ2) is 5.43. The highest BCUT2D eigenvalue weighted by Crippen LogP contribution is 2.26. The van der Waals surface area contributed by atoms with Crippen molar-refractivity contribution < 1.29 is 0 Å². The highest BCUT2D eigenvalue weighted by Gasteiger charge is 2.25. The van der Waals surface area contributed by atoms with E-state index in [-0.39, 0.29) is 0 Å². The van der Waals surface area contributed by atoms with Crippen LogP contribution in [0.1, 0.15) is 24.1 Å². The van der Waals surface area contributed by atoms with Crippen molar-refractivity contribution in [3.8, 4) is 0 Å². The van der Waals surface area contributed by atoms with Gasteiger partial charge in [0, 0.05) is 38.2 Å². The molecule has 5 nitrogen and oxygen atoms in total. The van der Waals surface area contributed by atoms with E-state index in [1.807, 2.05) is 0 Å². The number of hydrogen-bond acceptors (Lipinski definition) is 5. The number of likely N-dealkylation sites (tertiary alicyclic amines) is 1. The van der Waals surface area contributed by atoms with Crippen LogP contribution in [0.2, 0.25) is 0 Å². The number of fused-ring (bicyclic) bond motifs is 1. The molecule has 0 aromatic carbocycles. The first kappa shape index (κ1) is 12.8. The van der Waals surface area contributed by atoms with Gasteiger partial charge in [-0.2, -0.15) is 0 Å². The van der Waals surface area contributed by atoms with Gasteiger partial charge in [-0.25, -0.2) is 9.97 Å². The van der Waals surface area contributed by atoms with Gasteiger partial charge in [0.15, 0.2) is 0 Å². The van der Waals surface area contributed by atoms with Crippen LogP contribution in [0.3, 0.4) is 0 Å². The number of nitrogens with zero attached hydrogens (tertiary/aromatic N) is 4. The van der Waals surface area contributed by atoms with Gasteiger partial charge in [0.25, 0.3) is 0 Å². The highest BCUT2D eigenvalue weighted by molar-refractivity contribution is 5.49. The van der Waals surface area contributed by atoms with Crippen LogP contribution in [0.25, 0.3) is 0 Å². The molecule has 0 spiro atoms. The number of piperidine rings is 1. The molecular weight excluding hydrogens is 238 g/mol. The minimum atomic E-state index is 0.608.